The lowest BCUT2D eigenvalue weighted by molar-refractivity contribution is -0.169. The first-order chi connectivity index (χ1) is 15.5. The highest BCUT2D eigenvalue weighted by atomic mass is 16.6. The summed E-state index contributed by atoms with van der Waals surface area (Å²) in [6.45, 7) is 6.10. The van der Waals surface area contributed by atoms with Gasteiger partial charge in [-0.3, -0.25) is 9.59 Å². The van der Waals surface area contributed by atoms with E-state index in [-0.39, 0.29) is 0 Å². The van der Waals surface area contributed by atoms with Gasteiger partial charge in [-0.25, -0.2) is 0 Å². The highest BCUT2D eigenvalue weighted by Crippen LogP contribution is 2.20. The summed E-state index contributed by atoms with van der Waals surface area (Å²) < 4.78 is 10.7. The smallest absolute Gasteiger partial charge is 0.322 e. The Kier molecular flexibility index (Phi) is 15.6. The van der Waals surface area contributed by atoms with Crippen molar-refractivity contribution in [1.82, 2.24) is 0 Å². The second-order valence-corrected chi connectivity index (χ2v) is 9.38. The number of esters is 2. The quantitative estimate of drug-likeness (QED) is 0.126. The zero-order chi connectivity index (χ0) is 23.5. The summed E-state index contributed by atoms with van der Waals surface area (Å²) in [7, 11) is 0. The summed E-state index contributed by atoms with van der Waals surface area (Å²) in [6, 6.07) is 10.1. The number of hydrogen-bond acceptors (Lipinski definition) is 4. The molecule has 0 N–H and O–H groups in total. The Hall–Kier alpha value is -1.84. The molecule has 0 saturated heterocycles. The molecule has 4 nitrogen and oxygen atoms in total. The first kappa shape index (κ1) is 28.2. The summed E-state index contributed by atoms with van der Waals surface area (Å²) in [6.07, 6.45) is 16.8. The molecular weight excluding hydrogens is 400 g/mol. The van der Waals surface area contributed by atoms with Gasteiger partial charge in [0.25, 0.3) is 0 Å². The lowest BCUT2D eigenvalue weighted by Gasteiger charge is -2.20. The number of benzene rings is 1. The molecule has 0 fully saturated rings. The van der Waals surface area contributed by atoms with Crippen LogP contribution in [0.25, 0.3) is 0 Å². The second kappa shape index (κ2) is 17.7. The van der Waals surface area contributed by atoms with E-state index in [1.807, 2.05) is 18.2 Å². The van der Waals surface area contributed by atoms with Crippen molar-refractivity contribution in [3.63, 3.8) is 0 Å². The summed E-state index contributed by atoms with van der Waals surface area (Å²) >= 11 is 0. The molecule has 32 heavy (non-hydrogen) atoms. The molecule has 0 atom stereocenters. The third-order valence-corrected chi connectivity index (χ3v) is 5.94. The third-order valence-electron chi connectivity index (χ3n) is 5.94. The molecule has 0 aliphatic heterocycles. The van der Waals surface area contributed by atoms with Crippen molar-refractivity contribution in [2.45, 2.75) is 111 Å². The minimum atomic E-state index is -1.26. The van der Waals surface area contributed by atoms with Crippen molar-refractivity contribution in [2.24, 2.45) is 5.41 Å². The molecule has 1 aromatic carbocycles. The van der Waals surface area contributed by atoms with E-state index in [9.17, 15) is 9.59 Å². The molecule has 0 aromatic heterocycles. The molecule has 1 rings (SSSR count). The predicted octanol–water partition coefficient (Wildman–Crippen LogP) is 7.43. The lowest BCUT2D eigenvalue weighted by Crippen LogP contribution is -2.37. The Balaban J connectivity index is 2.02. The van der Waals surface area contributed by atoms with Crippen LogP contribution >= 0.6 is 0 Å². The van der Waals surface area contributed by atoms with Gasteiger partial charge in [-0.05, 0) is 38.7 Å². The number of rotatable bonds is 19. The number of carbonyl (C=O) groups excluding carboxylic acids is 2. The van der Waals surface area contributed by atoms with Gasteiger partial charge >= 0.3 is 11.9 Å². The van der Waals surface area contributed by atoms with Crippen LogP contribution in [-0.2, 0) is 25.5 Å². The van der Waals surface area contributed by atoms with Gasteiger partial charge in [0.15, 0.2) is 5.41 Å². The maximum Gasteiger partial charge on any atom is 0.322 e. The van der Waals surface area contributed by atoms with Crippen LogP contribution in [0.15, 0.2) is 30.3 Å². The molecule has 182 valence electrons. The minimum Gasteiger partial charge on any atom is -0.465 e. The van der Waals surface area contributed by atoms with Crippen LogP contribution in [0, 0.1) is 5.41 Å². The van der Waals surface area contributed by atoms with Crippen molar-refractivity contribution in [2.75, 3.05) is 13.2 Å². The van der Waals surface area contributed by atoms with Crippen molar-refractivity contribution in [1.29, 1.82) is 0 Å². The van der Waals surface area contributed by atoms with Crippen LogP contribution in [0.2, 0.25) is 0 Å². The molecule has 0 saturated carbocycles. The van der Waals surface area contributed by atoms with Crippen LogP contribution in [0.5, 0.6) is 0 Å². The average Bonchev–Trinajstić information content (AvgIpc) is 2.80. The van der Waals surface area contributed by atoms with Gasteiger partial charge in [0.2, 0.25) is 0 Å². The maximum absolute atomic E-state index is 12.3. The van der Waals surface area contributed by atoms with Gasteiger partial charge in [-0.2, -0.15) is 0 Å². The van der Waals surface area contributed by atoms with Crippen LogP contribution in [0.4, 0.5) is 0 Å². The first-order valence-corrected chi connectivity index (χ1v) is 12.9. The van der Waals surface area contributed by atoms with E-state index in [0.717, 1.165) is 25.7 Å². The fourth-order valence-corrected chi connectivity index (χ4v) is 3.64. The molecule has 0 aliphatic rings. The van der Waals surface area contributed by atoms with E-state index < -0.39 is 17.4 Å². The number of hydrogen-bond donors (Lipinski definition) is 0. The van der Waals surface area contributed by atoms with Gasteiger partial charge in [-0.1, -0.05) is 108 Å². The fraction of sp³-hybridized carbons (Fsp3) is 0.714. The largest absolute Gasteiger partial charge is 0.465 e. The Bertz CT molecular complexity index is 609. The van der Waals surface area contributed by atoms with Crippen LogP contribution in [0.3, 0.4) is 0 Å². The first-order valence-electron chi connectivity index (χ1n) is 12.9. The predicted molar refractivity (Wildman–Crippen MR) is 132 cm³/mol. The zero-order valence-electron chi connectivity index (χ0n) is 20.8. The zero-order valence-corrected chi connectivity index (χ0v) is 20.8. The molecule has 1 aromatic rings. The van der Waals surface area contributed by atoms with Crippen LogP contribution in [0.1, 0.15) is 110 Å². The van der Waals surface area contributed by atoms with E-state index in [1.54, 1.807) is 13.8 Å². The monoisotopic (exact) mass is 446 g/mol. The van der Waals surface area contributed by atoms with Crippen molar-refractivity contribution in [3.05, 3.63) is 35.9 Å². The van der Waals surface area contributed by atoms with Crippen molar-refractivity contribution >= 4 is 11.9 Å². The highest BCUT2D eigenvalue weighted by molar-refractivity contribution is 5.99. The molecule has 0 bridgehead atoms. The van der Waals surface area contributed by atoms with Gasteiger partial charge in [0, 0.05) is 0 Å². The van der Waals surface area contributed by atoms with E-state index in [2.05, 4.69) is 19.1 Å². The van der Waals surface area contributed by atoms with E-state index >= 15 is 0 Å². The van der Waals surface area contributed by atoms with Crippen LogP contribution < -0.4 is 0 Å². The molecule has 0 spiro atoms. The SMILES string of the molecule is CCCCCCCCCCCCCCOC(=O)C(C)(C)C(=O)OCCCc1ccccc1. The highest BCUT2D eigenvalue weighted by Gasteiger charge is 2.39. The van der Waals surface area contributed by atoms with Crippen LogP contribution in [-0.4, -0.2) is 25.2 Å². The average molecular weight is 447 g/mol. The van der Waals surface area contributed by atoms with E-state index in [1.165, 1.54) is 69.8 Å². The number of ether oxygens (including phenoxy) is 2. The molecule has 0 heterocycles. The van der Waals surface area contributed by atoms with Crippen molar-refractivity contribution in [3.8, 4) is 0 Å². The number of carbonyl (C=O) groups is 2. The molecule has 0 aliphatic carbocycles. The third kappa shape index (κ3) is 12.9. The Morgan fingerprint density at radius 1 is 0.656 bits per heavy atom. The molecule has 0 radical (unpaired) electrons. The van der Waals surface area contributed by atoms with Gasteiger partial charge in [-0.15, -0.1) is 0 Å². The standard InChI is InChI=1S/C28H46O4/c1-4-5-6-7-8-9-10-11-12-13-14-18-23-31-26(29)28(2,3)27(30)32-24-19-22-25-20-16-15-17-21-25/h15-17,20-21H,4-14,18-19,22-24H2,1-3H3. The summed E-state index contributed by atoms with van der Waals surface area (Å²) in [5.41, 5.74) is -0.0474. The normalized spacial score (nSPS) is 11.3. The maximum atomic E-state index is 12.3. The Labute approximate surface area is 196 Å². The van der Waals surface area contributed by atoms with Gasteiger partial charge < -0.3 is 9.47 Å². The molecule has 4 heteroatoms. The topological polar surface area (TPSA) is 52.6 Å². The minimum absolute atomic E-state index is 0.309. The van der Waals surface area contributed by atoms with Gasteiger partial charge in [0.05, 0.1) is 13.2 Å². The van der Waals surface area contributed by atoms with Gasteiger partial charge in [0.1, 0.15) is 0 Å². The van der Waals surface area contributed by atoms with E-state index in [4.69, 9.17) is 9.47 Å². The molecular formula is C28H46O4. The molecule has 0 unspecified atom stereocenters. The number of unbranched alkanes of at least 4 members (excludes halogenated alkanes) is 11. The molecule has 0 amide bonds. The Morgan fingerprint density at radius 2 is 1.09 bits per heavy atom. The second-order valence-electron chi connectivity index (χ2n) is 9.38. The Morgan fingerprint density at radius 3 is 1.59 bits per heavy atom. The summed E-state index contributed by atoms with van der Waals surface area (Å²) in [5, 5.41) is 0. The van der Waals surface area contributed by atoms with E-state index in [0.29, 0.717) is 13.2 Å². The fourth-order valence-electron chi connectivity index (χ4n) is 3.64. The number of aryl methyl sites for hydroxylation is 1. The lowest BCUT2D eigenvalue weighted by atomic mass is 9.94. The summed E-state index contributed by atoms with van der Waals surface area (Å²) in [5.74, 6) is -1.00. The summed E-state index contributed by atoms with van der Waals surface area (Å²) in [4.78, 5) is 24.7. The van der Waals surface area contributed by atoms with Crippen molar-refractivity contribution < 1.29 is 19.1 Å².